The molecule has 2 aromatic carbocycles. The number of carbonyl (C=O) groups is 1. The van der Waals surface area contributed by atoms with Gasteiger partial charge in [0.25, 0.3) is 0 Å². The summed E-state index contributed by atoms with van der Waals surface area (Å²) in [7, 11) is 0. The van der Waals surface area contributed by atoms with Crippen LogP contribution in [0.4, 0.5) is 10.8 Å². The van der Waals surface area contributed by atoms with Crippen molar-refractivity contribution in [3.05, 3.63) is 65.2 Å². The van der Waals surface area contributed by atoms with Gasteiger partial charge in [0.1, 0.15) is 0 Å². The number of nitrogens with one attached hydrogen (secondary N) is 2. The van der Waals surface area contributed by atoms with Crippen LogP contribution in [0.15, 0.2) is 58.9 Å². The highest BCUT2D eigenvalue weighted by Crippen LogP contribution is 2.26. The number of halogens is 1. The Hall–Kier alpha value is -2.09. The van der Waals surface area contributed by atoms with Gasteiger partial charge in [-0.15, -0.1) is 10.2 Å². The minimum atomic E-state index is -0.128. The normalized spacial score (nSPS) is 10.5. The van der Waals surface area contributed by atoms with Gasteiger partial charge in [-0.3, -0.25) is 4.79 Å². The number of amides is 1. The van der Waals surface area contributed by atoms with Crippen molar-refractivity contribution in [2.75, 3.05) is 22.9 Å². The fourth-order valence-electron chi connectivity index (χ4n) is 2.17. The summed E-state index contributed by atoms with van der Waals surface area (Å²) < 4.78 is 0.751. The summed E-state index contributed by atoms with van der Waals surface area (Å²) in [5.74, 6) is 0.126. The van der Waals surface area contributed by atoms with Crippen LogP contribution in [0.1, 0.15) is 5.56 Å². The Morgan fingerprint density at radius 3 is 2.65 bits per heavy atom. The van der Waals surface area contributed by atoms with Crippen molar-refractivity contribution in [3.63, 3.8) is 0 Å². The van der Waals surface area contributed by atoms with Crippen LogP contribution in [0.2, 0.25) is 5.02 Å². The predicted molar refractivity (Wildman–Crippen MR) is 109 cm³/mol. The number of carbonyl (C=O) groups excluding carboxylic acids is 1. The average Bonchev–Trinajstić information content (AvgIpc) is 3.11. The molecule has 0 aliphatic carbocycles. The summed E-state index contributed by atoms with van der Waals surface area (Å²) in [6.45, 7) is 0.788. The minimum absolute atomic E-state index is 0.128. The third-order valence-corrected chi connectivity index (χ3v) is 5.76. The number of nitrogens with zero attached hydrogens (tertiary/aromatic N) is 2. The van der Waals surface area contributed by atoms with E-state index in [1.807, 2.05) is 30.3 Å². The number of hydrogen-bond acceptors (Lipinski definition) is 6. The maximum absolute atomic E-state index is 12.0. The zero-order valence-electron chi connectivity index (χ0n) is 13.8. The van der Waals surface area contributed by atoms with E-state index in [1.54, 1.807) is 12.1 Å². The molecule has 1 heterocycles. The molecule has 0 unspecified atom stereocenters. The molecule has 0 saturated carbocycles. The second-order valence-corrected chi connectivity index (χ2v) is 7.96. The molecule has 0 aliphatic rings. The molecule has 8 heteroatoms. The molecule has 3 aromatic rings. The van der Waals surface area contributed by atoms with E-state index < -0.39 is 0 Å². The van der Waals surface area contributed by atoms with Crippen molar-refractivity contribution in [3.8, 4) is 0 Å². The van der Waals surface area contributed by atoms with Gasteiger partial charge in [-0.25, -0.2) is 0 Å². The molecule has 2 N–H and O–H groups in total. The van der Waals surface area contributed by atoms with Gasteiger partial charge in [0.05, 0.1) is 16.5 Å². The Bertz CT molecular complexity index is 857. The van der Waals surface area contributed by atoms with Gasteiger partial charge in [-0.1, -0.05) is 77.2 Å². The number of aromatic nitrogens is 2. The van der Waals surface area contributed by atoms with Crippen molar-refractivity contribution < 1.29 is 4.79 Å². The van der Waals surface area contributed by atoms with Crippen molar-refractivity contribution in [1.82, 2.24) is 10.2 Å². The smallest absolute Gasteiger partial charge is 0.234 e. The topological polar surface area (TPSA) is 66.9 Å². The van der Waals surface area contributed by atoms with Gasteiger partial charge in [-0.05, 0) is 24.1 Å². The maximum Gasteiger partial charge on any atom is 0.234 e. The molecule has 3 rings (SSSR count). The number of rotatable bonds is 8. The van der Waals surface area contributed by atoms with Crippen LogP contribution in [0.5, 0.6) is 0 Å². The summed E-state index contributed by atoms with van der Waals surface area (Å²) in [6.07, 6.45) is 0.920. The predicted octanol–water partition coefficient (Wildman–Crippen LogP) is 4.58. The second-order valence-electron chi connectivity index (χ2n) is 5.35. The highest BCUT2D eigenvalue weighted by atomic mass is 35.5. The fraction of sp³-hybridized carbons (Fsp3) is 0.167. The molecule has 134 valence electrons. The van der Waals surface area contributed by atoms with Crippen LogP contribution in [0.3, 0.4) is 0 Å². The lowest BCUT2D eigenvalue weighted by Crippen LogP contribution is -2.14. The van der Waals surface area contributed by atoms with E-state index in [4.69, 9.17) is 11.6 Å². The molecule has 26 heavy (non-hydrogen) atoms. The fourth-order valence-corrected chi connectivity index (χ4v) is 3.93. The molecule has 0 aliphatic heterocycles. The number of anilines is 2. The molecule has 0 spiro atoms. The summed E-state index contributed by atoms with van der Waals surface area (Å²) in [5.41, 5.74) is 1.88. The van der Waals surface area contributed by atoms with Crippen molar-refractivity contribution >= 4 is 51.4 Å². The van der Waals surface area contributed by atoms with Crippen molar-refractivity contribution in [1.29, 1.82) is 0 Å². The number of thioether (sulfide) groups is 1. The van der Waals surface area contributed by atoms with E-state index >= 15 is 0 Å². The van der Waals surface area contributed by atoms with Crippen molar-refractivity contribution in [2.24, 2.45) is 0 Å². The maximum atomic E-state index is 12.0. The van der Waals surface area contributed by atoms with Crippen molar-refractivity contribution in [2.45, 2.75) is 10.8 Å². The first-order chi connectivity index (χ1) is 12.7. The van der Waals surface area contributed by atoms with Gasteiger partial charge < -0.3 is 10.6 Å². The monoisotopic (exact) mass is 404 g/mol. The molecule has 0 radical (unpaired) electrons. The first-order valence-electron chi connectivity index (χ1n) is 7.99. The van der Waals surface area contributed by atoms with E-state index in [0.717, 1.165) is 22.4 Å². The standard InChI is InChI=1S/C18H17ClN4OS2/c19-14-8-4-5-9-15(14)21-16(24)12-25-18-23-22-17(26-18)20-11-10-13-6-2-1-3-7-13/h1-9H,10-12H2,(H,20,22)(H,21,24). The van der Waals surface area contributed by atoms with E-state index in [1.165, 1.54) is 28.7 Å². The molecule has 1 amide bonds. The van der Waals surface area contributed by atoms with Crippen LogP contribution >= 0.6 is 34.7 Å². The Morgan fingerprint density at radius 2 is 1.85 bits per heavy atom. The van der Waals surface area contributed by atoms with Crippen LogP contribution in [0.25, 0.3) is 0 Å². The second kappa shape index (κ2) is 9.56. The SMILES string of the molecule is O=C(CSc1nnc(NCCc2ccccc2)s1)Nc1ccccc1Cl. The summed E-state index contributed by atoms with van der Waals surface area (Å²) in [4.78, 5) is 12.0. The van der Waals surface area contributed by atoms with Gasteiger partial charge >= 0.3 is 0 Å². The van der Waals surface area contributed by atoms with E-state index in [2.05, 4.69) is 33.0 Å². The highest BCUT2D eigenvalue weighted by molar-refractivity contribution is 8.01. The third-order valence-electron chi connectivity index (χ3n) is 3.41. The lowest BCUT2D eigenvalue weighted by molar-refractivity contribution is -0.113. The van der Waals surface area contributed by atoms with E-state index in [0.29, 0.717) is 10.7 Å². The Kier molecular flexibility index (Phi) is 6.88. The molecular formula is C18H17ClN4OS2. The number of para-hydroxylation sites is 1. The third kappa shape index (κ3) is 5.72. The highest BCUT2D eigenvalue weighted by Gasteiger charge is 2.09. The summed E-state index contributed by atoms with van der Waals surface area (Å²) in [6, 6.07) is 17.4. The zero-order chi connectivity index (χ0) is 18.2. The molecular weight excluding hydrogens is 388 g/mol. The van der Waals surface area contributed by atoms with Crippen LogP contribution in [-0.2, 0) is 11.2 Å². The Labute approximate surface area is 165 Å². The zero-order valence-corrected chi connectivity index (χ0v) is 16.2. The van der Waals surface area contributed by atoms with Gasteiger partial charge in [0.15, 0.2) is 4.34 Å². The lowest BCUT2D eigenvalue weighted by atomic mass is 10.2. The lowest BCUT2D eigenvalue weighted by Gasteiger charge is -2.05. The largest absolute Gasteiger partial charge is 0.360 e. The number of hydrogen-bond donors (Lipinski definition) is 2. The summed E-state index contributed by atoms with van der Waals surface area (Å²) in [5, 5.41) is 15.5. The minimum Gasteiger partial charge on any atom is -0.360 e. The van der Waals surface area contributed by atoms with E-state index in [9.17, 15) is 4.79 Å². The van der Waals surface area contributed by atoms with Gasteiger partial charge in [0.2, 0.25) is 11.0 Å². The molecule has 0 bridgehead atoms. The molecule has 5 nitrogen and oxygen atoms in total. The van der Waals surface area contributed by atoms with Crippen LogP contribution in [-0.4, -0.2) is 28.4 Å². The Morgan fingerprint density at radius 1 is 1.08 bits per heavy atom. The molecule has 0 saturated heterocycles. The molecule has 0 fully saturated rings. The summed E-state index contributed by atoms with van der Waals surface area (Å²) >= 11 is 8.83. The van der Waals surface area contributed by atoms with Crippen LogP contribution < -0.4 is 10.6 Å². The average molecular weight is 405 g/mol. The van der Waals surface area contributed by atoms with Gasteiger partial charge in [0, 0.05) is 6.54 Å². The number of benzene rings is 2. The molecule has 1 aromatic heterocycles. The van der Waals surface area contributed by atoms with Gasteiger partial charge in [-0.2, -0.15) is 0 Å². The Balaban J connectivity index is 1.42. The van der Waals surface area contributed by atoms with E-state index in [-0.39, 0.29) is 11.7 Å². The van der Waals surface area contributed by atoms with Crippen LogP contribution in [0, 0.1) is 0 Å². The first kappa shape index (κ1) is 18.7. The first-order valence-corrected chi connectivity index (χ1v) is 10.2. The quantitative estimate of drug-likeness (QED) is 0.538. The molecule has 0 atom stereocenters.